The second kappa shape index (κ2) is 8.45. The summed E-state index contributed by atoms with van der Waals surface area (Å²) < 4.78 is 5.98. The molecule has 3 aromatic carbocycles. The van der Waals surface area contributed by atoms with Crippen LogP contribution in [0, 0.1) is 0 Å². The summed E-state index contributed by atoms with van der Waals surface area (Å²) in [6, 6.07) is 25.6. The molecule has 0 saturated carbocycles. The van der Waals surface area contributed by atoms with Gasteiger partial charge < -0.3 is 16.2 Å². The lowest BCUT2D eigenvalue weighted by Gasteiger charge is -2.09. The van der Waals surface area contributed by atoms with Gasteiger partial charge in [-0.1, -0.05) is 60.7 Å². The summed E-state index contributed by atoms with van der Waals surface area (Å²) >= 11 is 0. The fourth-order valence-corrected chi connectivity index (χ4v) is 3.01. The molecule has 6 nitrogen and oxygen atoms in total. The number of ether oxygens (including phenoxy) is 1. The van der Waals surface area contributed by atoms with Gasteiger partial charge in [-0.2, -0.15) is 9.97 Å². The first-order chi connectivity index (χ1) is 14.6. The van der Waals surface area contributed by atoms with Gasteiger partial charge in [0.1, 0.15) is 11.6 Å². The lowest BCUT2D eigenvalue weighted by atomic mass is 10.1. The average molecular weight is 395 g/mol. The third-order valence-corrected chi connectivity index (χ3v) is 4.31. The van der Waals surface area contributed by atoms with Crippen LogP contribution in [-0.2, 0) is 0 Å². The molecule has 1 aromatic heterocycles. The van der Waals surface area contributed by atoms with Crippen molar-refractivity contribution in [2.45, 2.75) is 6.92 Å². The number of fused-ring (bicyclic) bond motifs is 1. The highest BCUT2D eigenvalue weighted by atomic mass is 16.5. The van der Waals surface area contributed by atoms with E-state index in [1.165, 1.54) is 0 Å². The molecular weight excluding hydrogens is 374 g/mol. The minimum Gasteiger partial charge on any atom is -0.424 e. The predicted molar refractivity (Wildman–Crippen MR) is 121 cm³/mol. The van der Waals surface area contributed by atoms with Crippen LogP contribution in [0.4, 0.5) is 5.82 Å². The molecule has 4 N–H and O–H groups in total. The van der Waals surface area contributed by atoms with Crippen molar-refractivity contribution in [3.63, 3.8) is 0 Å². The standard InChI is InChI=1S/C24H21N5O/c1-16(25)13-22(26)28-23-15-21(18-8-3-2-4-9-18)27-24(29-23)30-20-12-11-17-7-5-6-10-19(17)14-20/h2-15H,25H2,1H3,(H2,26,27,28,29)/b16-13-. The van der Waals surface area contributed by atoms with Crippen molar-refractivity contribution >= 4 is 22.4 Å². The van der Waals surface area contributed by atoms with Crippen molar-refractivity contribution < 1.29 is 4.74 Å². The van der Waals surface area contributed by atoms with E-state index in [0.717, 1.165) is 16.3 Å². The van der Waals surface area contributed by atoms with E-state index >= 15 is 0 Å². The molecule has 0 aliphatic rings. The van der Waals surface area contributed by atoms with E-state index in [4.69, 9.17) is 16.2 Å². The van der Waals surface area contributed by atoms with Gasteiger partial charge in [-0.3, -0.25) is 0 Å². The summed E-state index contributed by atoms with van der Waals surface area (Å²) in [5.74, 6) is 1.28. The minimum absolute atomic E-state index is 0.187. The Morgan fingerprint density at radius 1 is 0.867 bits per heavy atom. The third-order valence-electron chi connectivity index (χ3n) is 4.31. The molecule has 0 saturated heterocycles. The van der Waals surface area contributed by atoms with Crippen molar-refractivity contribution in [2.24, 2.45) is 16.5 Å². The van der Waals surface area contributed by atoms with E-state index in [9.17, 15) is 0 Å². The lowest BCUT2D eigenvalue weighted by molar-refractivity contribution is 0.444. The third kappa shape index (κ3) is 4.62. The number of amidine groups is 1. The van der Waals surface area contributed by atoms with Crippen LogP contribution in [0.15, 0.2) is 95.6 Å². The van der Waals surface area contributed by atoms with Crippen LogP contribution >= 0.6 is 0 Å². The van der Waals surface area contributed by atoms with Crippen LogP contribution in [0.1, 0.15) is 6.92 Å². The molecule has 4 aromatic rings. The first-order valence-corrected chi connectivity index (χ1v) is 9.46. The second-order valence-electron chi connectivity index (χ2n) is 6.80. The normalized spacial score (nSPS) is 12.2. The molecule has 30 heavy (non-hydrogen) atoms. The number of benzene rings is 3. The van der Waals surface area contributed by atoms with Crippen LogP contribution < -0.4 is 16.2 Å². The summed E-state index contributed by atoms with van der Waals surface area (Å²) in [6.45, 7) is 1.74. The van der Waals surface area contributed by atoms with E-state index in [1.54, 1.807) is 19.1 Å². The van der Waals surface area contributed by atoms with Gasteiger partial charge in [0.25, 0.3) is 0 Å². The maximum atomic E-state index is 5.98. The Balaban J connectivity index is 1.75. The average Bonchev–Trinajstić information content (AvgIpc) is 2.73. The summed E-state index contributed by atoms with van der Waals surface area (Å²) in [7, 11) is 0. The molecule has 0 bridgehead atoms. The molecule has 0 aliphatic heterocycles. The zero-order chi connectivity index (χ0) is 20.9. The van der Waals surface area contributed by atoms with E-state index in [0.29, 0.717) is 23.0 Å². The molecule has 6 heteroatoms. The molecule has 0 unspecified atom stereocenters. The van der Waals surface area contributed by atoms with E-state index < -0.39 is 0 Å². The first-order valence-electron chi connectivity index (χ1n) is 9.46. The smallest absolute Gasteiger partial charge is 0.324 e. The van der Waals surface area contributed by atoms with Gasteiger partial charge in [0.15, 0.2) is 5.82 Å². The molecule has 0 spiro atoms. The fourth-order valence-electron chi connectivity index (χ4n) is 3.01. The highest BCUT2D eigenvalue weighted by Crippen LogP contribution is 2.28. The van der Waals surface area contributed by atoms with E-state index in [2.05, 4.69) is 15.0 Å². The highest BCUT2D eigenvalue weighted by Gasteiger charge is 2.09. The van der Waals surface area contributed by atoms with Gasteiger partial charge in [-0.05, 0) is 35.9 Å². The van der Waals surface area contributed by atoms with Crippen molar-refractivity contribution in [1.29, 1.82) is 0 Å². The number of nitrogens with two attached hydrogens (primary N) is 2. The van der Waals surface area contributed by atoms with Gasteiger partial charge >= 0.3 is 6.01 Å². The number of aromatic nitrogens is 2. The van der Waals surface area contributed by atoms with Gasteiger partial charge in [-0.15, -0.1) is 0 Å². The molecule has 4 rings (SSSR count). The van der Waals surface area contributed by atoms with Gasteiger partial charge in [0.05, 0.1) is 5.69 Å². The quantitative estimate of drug-likeness (QED) is 0.368. The maximum absolute atomic E-state index is 5.98. The molecular formula is C24H21N5O. The first kappa shape index (κ1) is 19.1. The summed E-state index contributed by atoms with van der Waals surface area (Å²) in [5.41, 5.74) is 13.8. The van der Waals surface area contributed by atoms with Crippen LogP contribution in [0.2, 0.25) is 0 Å². The Hall–Kier alpha value is -4.19. The number of rotatable bonds is 5. The van der Waals surface area contributed by atoms with Crippen LogP contribution in [-0.4, -0.2) is 15.8 Å². The zero-order valence-electron chi connectivity index (χ0n) is 16.5. The van der Waals surface area contributed by atoms with E-state index in [1.807, 2.05) is 72.8 Å². The van der Waals surface area contributed by atoms with Crippen molar-refractivity contribution in [3.05, 3.63) is 90.6 Å². The Labute approximate surface area is 174 Å². The number of allylic oxidation sites excluding steroid dienone is 1. The molecule has 0 fully saturated rings. The summed E-state index contributed by atoms with van der Waals surface area (Å²) in [6.07, 6.45) is 1.58. The number of hydrogen-bond donors (Lipinski definition) is 2. The van der Waals surface area contributed by atoms with Crippen LogP contribution in [0.25, 0.3) is 22.0 Å². The fraction of sp³-hybridized carbons (Fsp3) is 0.0417. The monoisotopic (exact) mass is 395 g/mol. The van der Waals surface area contributed by atoms with Gasteiger partial charge in [-0.25, -0.2) is 4.99 Å². The number of nitrogens with zero attached hydrogens (tertiary/aromatic N) is 3. The van der Waals surface area contributed by atoms with Gasteiger partial charge in [0, 0.05) is 17.3 Å². The summed E-state index contributed by atoms with van der Waals surface area (Å²) in [5, 5.41) is 2.20. The maximum Gasteiger partial charge on any atom is 0.324 e. The molecule has 1 heterocycles. The largest absolute Gasteiger partial charge is 0.424 e. The topological polar surface area (TPSA) is 99.4 Å². The Morgan fingerprint density at radius 2 is 1.60 bits per heavy atom. The molecule has 0 amide bonds. The summed E-state index contributed by atoms with van der Waals surface area (Å²) in [4.78, 5) is 13.3. The van der Waals surface area contributed by atoms with Gasteiger partial charge in [0.2, 0.25) is 0 Å². The molecule has 0 atom stereocenters. The lowest BCUT2D eigenvalue weighted by Crippen LogP contribution is -2.10. The van der Waals surface area contributed by atoms with Crippen molar-refractivity contribution in [3.8, 4) is 23.0 Å². The second-order valence-corrected chi connectivity index (χ2v) is 6.80. The Morgan fingerprint density at radius 3 is 2.37 bits per heavy atom. The zero-order valence-corrected chi connectivity index (χ0v) is 16.5. The molecule has 0 radical (unpaired) electrons. The molecule has 0 aliphatic carbocycles. The minimum atomic E-state index is 0.187. The van der Waals surface area contributed by atoms with Crippen molar-refractivity contribution in [1.82, 2.24) is 9.97 Å². The predicted octanol–water partition coefficient (Wildman–Crippen LogP) is 4.94. The molecule has 148 valence electrons. The highest BCUT2D eigenvalue weighted by molar-refractivity contribution is 5.93. The SMILES string of the molecule is C/C(N)=C/C(N)=Nc1cc(-c2ccccc2)nc(Oc2ccc3ccccc3c2)n1. The van der Waals surface area contributed by atoms with Crippen LogP contribution in [0.3, 0.4) is 0 Å². The number of hydrogen-bond acceptors (Lipinski definition) is 5. The Bertz CT molecular complexity index is 1240. The van der Waals surface area contributed by atoms with Crippen LogP contribution in [0.5, 0.6) is 11.8 Å². The van der Waals surface area contributed by atoms with Crippen molar-refractivity contribution in [2.75, 3.05) is 0 Å². The Kier molecular flexibility index (Phi) is 5.39. The van der Waals surface area contributed by atoms with E-state index in [-0.39, 0.29) is 11.8 Å². The number of aliphatic imine (C=N–C) groups is 1.